The van der Waals surface area contributed by atoms with Crippen LogP contribution in [0.15, 0.2) is 60.8 Å². The molecule has 14 nitrogen and oxygen atoms in total. The SMILES string of the molecule is COC(=O)[C@@H]1C[C@H](Oc2nccc(-c3cccc4nc(C)n(CC(CN(C)C(=O)OC(C)(C)C)OC)c34)n2)CN1C(=O)OCc1ccccc1. The van der Waals surface area contributed by atoms with Gasteiger partial charge in [0.25, 0.3) is 0 Å². The fourth-order valence-corrected chi connectivity index (χ4v) is 5.81. The van der Waals surface area contributed by atoms with Gasteiger partial charge in [-0.1, -0.05) is 42.5 Å². The van der Waals surface area contributed by atoms with E-state index in [1.165, 1.54) is 16.9 Å². The highest BCUT2D eigenvalue weighted by atomic mass is 16.6. The van der Waals surface area contributed by atoms with Crippen LogP contribution in [-0.4, -0.2) is 106 Å². The molecule has 0 radical (unpaired) electrons. The number of imidazole rings is 1. The van der Waals surface area contributed by atoms with Gasteiger partial charge in [0.2, 0.25) is 0 Å². The number of para-hydroxylation sites is 1. The standard InChI is InChI=1S/C36H44N6O8/c1-23-38-29-15-11-14-27(31(29)41(23)21-26(46-6)19-40(5)34(44)50-36(2,3)4)28-16-17-37-33(39-28)49-25-18-30(32(43)47-7)42(20-25)35(45)48-22-24-12-9-8-10-13-24/h8-17,25-26,30H,18-22H2,1-7H3/t25-,26?,30-/m0/s1. The van der Waals surface area contributed by atoms with Crippen molar-refractivity contribution in [3.63, 3.8) is 0 Å². The number of rotatable bonds is 11. The van der Waals surface area contributed by atoms with E-state index >= 15 is 0 Å². The second-order valence-electron chi connectivity index (χ2n) is 13.1. The number of carbonyl (C=O) groups is 3. The third-order valence-electron chi connectivity index (χ3n) is 8.22. The number of aromatic nitrogens is 4. The van der Waals surface area contributed by atoms with Crippen LogP contribution in [0.25, 0.3) is 22.3 Å². The van der Waals surface area contributed by atoms with Gasteiger partial charge in [-0.3, -0.25) is 4.90 Å². The Bertz CT molecular complexity index is 1810. The molecule has 2 aromatic carbocycles. The van der Waals surface area contributed by atoms with E-state index in [4.69, 9.17) is 33.7 Å². The highest BCUT2D eigenvalue weighted by molar-refractivity contribution is 5.91. The minimum Gasteiger partial charge on any atom is -0.467 e. The lowest BCUT2D eigenvalue weighted by Crippen LogP contribution is -2.41. The lowest BCUT2D eigenvalue weighted by molar-refractivity contribution is -0.145. The normalized spacial score (nSPS) is 16.6. The number of benzene rings is 2. The van der Waals surface area contributed by atoms with E-state index in [0.717, 1.165) is 28.0 Å². The molecule has 50 heavy (non-hydrogen) atoms. The van der Waals surface area contributed by atoms with E-state index in [1.54, 1.807) is 26.4 Å². The Morgan fingerprint density at radius 3 is 2.48 bits per heavy atom. The summed E-state index contributed by atoms with van der Waals surface area (Å²) in [6, 6.07) is 16.0. The average Bonchev–Trinajstić information content (AvgIpc) is 3.66. The van der Waals surface area contributed by atoms with Gasteiger partial charge in [0.05, 0.1) is 49.6 Å². The molecule has 266 valence electrons. The topological polar surface area (TPSA) is 147 Å². The number of amides is 2. The number of likely N-dealkylation sites (tertiary alicyclic amines) is 1. The summed E-state index contributed by atoms with van der Waals surface area (Å²) < 4.78 is 30.0. The van der Waals surface area contributed by atoms with Crippen molar-refractivity contribution in [3.05, 3.63) is 72.2 Å². The van der Waals surface area contributed by atoms with Crippen LogP contribution < -0.4 is 4.74 Å². The van der Waals surface area contributed by atoms with Crippen molar-refractivity contribution in [1.82, 2.24) is 29.3 Å². The van der Waals surface area contributed by atoms with E-state index < -0.39 is 35.9 Å². The lowest BCUT2D eigenvalue weighted by atomic mass is 10.1. The van der Waals surface area contributed by atoms with Gasteiger partial charge in [-0.2, -0.15) is 4.98 Å². The van der Waals surface area contributed by atoms with Crippen molar-refractivity contribution in [2.24, 2.45) is 0 Å². The number of carbonyl (C=O) groups excluding carboxylic acids is 3. The van der Waals surface area contributed by atoms with E-state index in [2.05, 4.69) is 4.98 Å². The molecule has 14 heteroatoms. The van der Waals surface area contributed by atoms with Crippen LogP contribution in [0.2, 0.25) is 0 Å². The maximum Gasteiger partial charge on any atom is 0.410 e. The van der Waals surface area contributed by atoms with Gasteiger partial charge in [0.1, 0.15) is 30.2 Å². The van der Waals surface area contributed by atoms with Crippen molar-refractivity contribution in [2.45, 2.75) is 71.1 Å². The minimum atomic E-state index is -0.884. The predicted molar refractivity (Wildman–Crippen MR) is 183 cm³/mol. The Hall–Kier alpha value is -5.24. The van der Waals surface area contributed by atoms with Crippen LogP contribution in [0.4, 0.5) is 9.59 Å². The van der Waals surface area contributed by atoms with Crippen molar-refractivity contribution in [3.8, 4) is 17.3 Å². The first-order valence-corrected chi connectivity index (χ1v) is 16.3. The molecule has 1 fully saturated rings. The molecule has 0 spiro atoms. The van der Waals surface area contributed by atoms with Gasteiger partial charge in [0.15, 0.2) is 0 Å². The Morgan fingerprint density at radius 2 is 1.78 bits per heavy atom. The van der Waals surface area contributed by atoms with Gasteiger partial charge in [0, 0.05) is 32.3 Å². The predicted octanol–water partition coefficient (Wildman–Crippen LogP) is 5.02. The lowest BCUT2D eigenvalue weighted by Gasteiger charge is -2.27. The third-order valence-corrected chi connectivity index (χ3v) is 8.22. The molecule has 3 heterocycles. The molecule has 0 bridgehead atoms. The summed E-state index contributed by atoms with van der Waals surface area (Å²) in [6.45, 7) is 8.23. The number of ether oxygens (including phenoxy) is 5. The summed E-state index contributed by atoms with van der Waals surface area (Å²) in [4.78, 5) is 55.0. The summed E-state index contributed by atoms with van der Waals surface area (Å²) in [5, 5.41) is 0. The summed E-state index contributed by atoms with van der Waals surface area (Å²) in [5.74, 6) is 0.198. The van der Waals surface area contributed by atoms with E-state index in [0.29, 0.717) is 18.8 Å². The monoisotopic (exact) mass is 688 g/mol. The molecule has 1 unspecified atom stereocenters. The van der Waals surface area contributed by atoms with Crippen molar-refractivity contribution in [1.29, 1.82) is 0 Å². The first-order valence-electron chi connectivity index (χ1n) is 16.3. The quantitative estimate of drug-likeness (QED) is 0.155. The van der Waals surface area contributed by atoms with E-state index in [1.807, 2.05) is 80.8 Å². The first kappa shape index (κ1) is 36.1. The van der Waals surface area contributed by atoms with Crippen LogP contribution in [0.3, 0.4) is 0 Å². The largest absolute Gasteiger partial charge is 0.467 e. The zero-order chi connectivity index (χ0) is 36.0. The maximum absolute atomic E-state index is 13.1. The van der Waals surface area contributed by atoms with Gasteiger partial charge in [-0.15, -0.1) is 0 Å². The highest BCUT2D eigenvalue weighted by Crippen LogP contribution is 2.30. The molecular formula is C36H44N6O8. The van der Waals surface area contributed by atoms with Crippen LogP contribution in [0.5, 0.6) is 6.01 Å². The number of likely N-dealkylation sites (N-methyl/N-ethyl adjacent to an activating group) is 1. The van der Waals surface area contributed by atoms with Gasteiger partial charge in [-0.25, -0.2) is 24.4 Å². The molecule has 0 aliphatic carbocycles. The van der Waals surface area contributed by atoms with Crippen LogP contribution in [-0.2, 0) is 36.9 Å². The van der Waals surface area contributed by atoms with Crippen molar-refractivity contribution >= 4 is 29.2 Å². The highest BCUT2D eigenvalue weighted by Gasteiger charge is 2.43. The molecular weight excluding hydrogens is 644 g/mol. The van der Waals surface area contributed by atoms with E-state index in [9.17, 15) is 14.4 Å². The minimum absolute atomic E-state index is 0.0634. The summed E-state index contributed by atoms with van der Waals surface area (Å²) in [6.07, 6.45) is -0.269. The molecule has 1 aliphatic rings. The van der Waals surface area contributed by atoms with Gasteiger partial charge in [-0.05, 0) is 45.4 Å². The number of aryl methyl sites for hydroxylation is 1. The van der Waals surface area contributed by atoms with Crippen LogP contribution >= 0.6 is 0 Å². The molecule has 0 N–H and O–H groups in total. The number of nitrogens with zero attached hydrogens (tertiary/aromatic N) is 6. The summed E-state index contributed by atoms with van der Waals surface area (Å²) in [7, 11) is 4.56. The second kappa shape index (κ2) is 15.5. The molecule has 4 aromatic rings. The fraction of sp³-hybridized carbons (Fsp3) is 0.444. The van der Waals surface area contributed by atoms with E-state index in [-0.39, 0.29) is 31.7 Å². The fourth-order valence-electron chi connectivity index (χ4n) is 5.81. The maximum atomic E-state index is 13.1. The molecule has 1 saturated heterocycles. The molecule has 5 rings (SSSR count). The molecule has 2 amide bonds. The smallest absolute Gasteiger partial charge is 0.410 e. The molecule has 0 saturated carbocycles. The first-order chi connectivity index (χ1) is 23.9. The Balaban J connectivity index is 1.34. The molecule has 1 aliphatic heterocycles. The summed E-state index contributed by atoms with van der Waals surface area (Å²) in [5.41, 5.74) is 3.17. The van der Waals surface area contributed by atoms with Crippen molar-refractivity contribution < 1.29 is 38.1 Å². The summed E-state index contributed by atoms with van der Waals surface area (Å²) >= 11 is 0. The number of methoxy groups -OCH3 is 2. The van der Waals surface area contributed by atoms with Gasteiger partial charge < -0.3 is 33.2 Å². The third kappa shape index (κ3) is 8.67. The van der Waals surface area contributed by atoms with Gasteiger partial charge >= 0.3 is 24.2 Å². The van der Waals surface area contributed by atoms with Crippen LogP contribution in [0, 0.1) is 6.92 Å². The average molecular weight is 689 g/mol. The second-order valence-corrected chi connectivity index (χ2v) is 13.1. The number of fused-ring (bicyclic) bond motifs is 1. The number of esters is 1. The zero-order valence-electron chi connectivity index (χ0n) is 29.5. The zero-order valence-corrected chi connectivity index (χ0v) is 29.5. The molecule has 2 aromatic heterocycles. The number of hydrogen-bond acceptors (Lipinski definition) is 11. The van der Waals surface area contributed by atoms with Crippen LogP contribution in [0.1, 0.15) is 38.6 Å². The Morgan fingerprint density at radius 1 is 1.02 bits per heavy atom. The van der Waals surface area contributed by atoms with Crippen molar-refractivity contribution in [2.75, 3.05) is 34.4 Å². The Labute approximate surface area is 291 Å². The molecule has 3 atom stereocenters. The number of hydrogen-bond donors (Lipinski definition) is 0. The Kier molecular flexibility index (Phi) is 11.2.